The van der Waals surface area contributed by atoms with Crippen LogP contribution in [0.1, 0.15) is 32.6 Å². The number of oxime groups is 1. The van der Waals surface area contributed by atoms with Gasteiger partial charge in [0.15, 0.2) is 0 Å². The SMILES string of the molecule is C=CCC(C)NCCCC/C(N)=N/O. The number of nitrogens with one attached hydrogen (secondary N) is 1. The molecule has 0 radical (unpaired) electrons. The Morgan fingerprint density at radius 1 is 1.64 bits per heavy atom. The third-order valence-corrected chi connectivity index (χ3v) is 2.00. The molecule has 4 nitrogen and oxygen atoms in total. The number of nitrogens with zero attached hydrogens (tertiary/aromatic N) is 1. The fourth-order valence-corrected chi connectivity index (χ4v) is 1.16. The monoisotopic (exact) mass is 199 g/mol. The summed E-state index contributed by atoms with van der Waals surface area (Å²) in [5, 5.41) is 14.6. The zero-order valence-corrected chi connectivity index (χ0v) is 8.87. The molecule has 0 bridgehead atoms. The first-order chi connectivity index (χ1) is 6.70. The second-order valence-corrected chi connectivity index (χ2v) is 3.43. The van der Waals surface area contributed by atoms with Crippen molar-refractivity contribution >= 4 is 5.84 Å². The summed E-state index contributed by atoms with van der Waals surface area (Å²) in [4.78, 5) is 0. The number of hydrogen-bond donors (Lipinski definition) is 3. The molecular formula is C10H21N3O. The Kier molecular flexibility index (Phi) is 7.93. The molecule has 0 aliphatic heterocycles. The van der Waals surface area contributed by atoms with Gasteiger partial charge in [0.25, 0.3) is 0 Å². The minimum absolute atomic E-state index is 0.309. The van der Waals surface area contributed by atoms with E-state index in [0.717, 1.165) is 25.8 Å². The highest BCUT2D eigenvalue weighted by atomic mass is 16.4. The van der Waals surface area contributed by atoms with Gasteiger partial charge in [-0.25, -0.2) is 0 Å². The fourth-order valence-electron chi connectivity index (χ4n) is 1.16. The summed E-state index contributed by atoms with van der Waals surface area (Å²) in [6.07, 6.45) is 5.55. The molecule has 0 spiro atoms. The predicted molar refractivity (Wildman–Crippen MR) is 59.5 cm³/mol. The third-order valence-electron chi connectivity index (χ3n) is 2.00. The lowest BCUT2D eigenvalue weighted by molar-refractivity contribution is 0.316. The lowest BCUT2D eigenvalue weighted by atomic mass is 10.2. The molecule has 0 aromatic heterocycles. The Morgan fingerprint density at radius 3 is 2.93 bits per heavy atom. The van der Waals surface area contributed by atoms with E-state index in [1.165, 1.54) is 0 Å². The lowest BCUT2D eigenvalue weighted by Crippen LogP contribution is -2.26. The predicted octanol–water partition coefficient (Wildman–Crippen LogP) is 1.46. The fraction of sp³-hybridized carbons (Fsp3) is 0.700. The van der Waals surface area contributed by atoms with Gasteiger partial charge in [0.1, 0.15) is 5.84 Å². The molecule has 0 fully saturated rings. The second-order valence-electron chi connectivity index (χ2n) is 3.43. The van der Waals surface area contributed by atoms with Gasteiger partial charge in [-0.15, -0.1) is 6.58 Å². The molecule has 0 heterocycles. The molecule has 4 N–H and O–H groups in total. The molecule has 0 rings (SSSR count). The van der Waals surface area contributed by atoms with Gasteiger partial charge in [0, 0.05) is 12.5 Å². The maximum atomic E-state index is 8.29. The molecule has 14 heavy (non-hydrogen) atoms. The molecule has 0 amide bonds. The van der Waals surface area contributed by atoms with Crippen LogP contribution >= 0.6 is 0 Å². The first-order valence-corrected chi connectivity index (χ1v) is 5.01. The topological polar surface area (TPSA) is 70.6 Å². The van der Waals surface area contributed by atoms with Crippen molar-refractivity contribution in [1.29, 1.82) is 0 Å². The van der Waals surface area contributed by atoms with E-state index >= 15 is 0 Å². The smallest absolute Gasteiger partial charge is 0.139 e. The van der Waals surface area contributed by atoms with Crippen LogP contribution in [0.5, 0.6) is 0 Å². The van der Waals surface area contributed by atoms with Gasteiger partial charge < -0.3 is 16.3 Å². The minimum Gasteiger partial charge on any atom is -0.409 e. The average molecular weight is 199 g/mol. The van der Waals surface area contributed by atoms with E-state index in [0.29, 0.717) is 18.3 Å². The van der Waals surface area contributed by atoms with E-state index in [2.05, 4.69) is 24.0 Å². The van der Waals surface area contributed by atoms with Crippen molar-refractivity contribution in [3.05, 3.63) is 12.7 Å². The van der Waals surface area contributed by atoms with E-state index in [1.807, 2.05) is 6.08 Å². The molecule has 1 unspecified atom stereocenters. The highest BCUT2D eigenvalue weighted by Crippen LogP contribution is 1.96. The minimum atomic E-state index is 0.309. The van der Waals surface area contributed by atoms with E-state index < -0.39 is 0 Å². The number of amidine groups is 1. The molecule has 0 saturated carbocycles. The Labute approximate surface area is 85.9 Å². The second kappa shape index (κ2) is 8.56. The zero-order chi connectivity index (χ0) is 10.8. The van der Waals surface area contributed by atoms with Gasteiger partial charge in [-0.2, -0.15) is 0 Å². The van der Waals surface area contributed by atoms with E-state index in [-0.39, 0.29) is 0 Å². The summed E-state index contributed by atoms with van der Waals surface area (Å²) in [6.45, 7) is 6.78. The number of hydrogen-bond acceptors (Lipinski definition) is 3. The number of nitrogens with two attached hydrogens (primary N) is 1. The molecule has 0 aromatic rings. The first kappa shape index (κ1) is 13.0. The van der Waals surface area contributed by atoms with Crippen molar-refractivity contribution in [2.24, 2.45) is 10.9 Å². The van der Waals surface area contributed by atoms with Gasteiger partial charge >= 0.3 is 0 Å². The van der Waals surface area contributed by atoms with Crippen LogP contribution in [0, 0.1) is 0 Å². The largest absolute Gasteiger partial charge is 0.409 e. The van der Waals surface area contributed by atoms with Gasteiger partial charge in [-0.3, -0.25) is 0 Å². The number of rotatable bonds is 8. The first-order valence-electron chi connectivity index (χ1n) is 5.01. The summed E-state index contributed by atoms with van der Waals surface area (Å²) < 4.78 is 0. The van der Waals surface area contributed by atoms with E-state index in [9.17, 15) is 0 Å². The van der Waals surface area contributed by atoms with Crippen molar-refractivity contribution in [1.82, 2.24) is 5.32 Å². The van der Waals surface area contributed by atoms with E-state index in [4.69, 9.17) is 10.9 Å². The van der Waals surface area contributed by atoms with Crippen LogP contribution in [-0.2, 0) is 0 Å². The van der Waals surface area contributed by atoms with Crippen LogP contribution in [0.2, 0.25) is 0 Å². The summed E-state index contributed by atoms with van der Waals surface area (Å²) in [7, 11) is 0. The van der Waals surface area contributed by atoms with Crippen molar-refractivity contribution in [3.8, 4) is 0 Å². The summed E-state index contributed by atoms with van der Waals surface area (Å²) >= 11 is 0. The van der Waals surface area contributed by atoms with Gasteiger partial charge in [0.2, 0.25) is 0 Å². The lowest BCUT2D eigenvalue weighted by Gasteiger charge is -2.10. The zero-order valence-electron chi connectivity index (χ0n) is 8.87. The normalized spacial score (nSPS) is 13.9. The summed E-state index contributed by atoms with van der Waals surface area (Å²) in [5.41, 5.74) is 5.33. The molecule has 0 aromatic carbocycles. The quantitative estimate of drug-likeness (QED) is 0.138. The Morgan fingerprint density at radius 2 is 2.36 bits per heavy atom. The van der Waals surface area contributed by atoms with Crippen LogP contribution in [0.25, 0.3) is 0 Å². The van der Waals surface area contributed by atoms with Crippen LogP contribution in [-0.4, -0.2) is 23.6 Å². The van der Waals surface area contributed by atoms with Gasteiger partial charge in [-0.05, 0) is 32.7 Å². The van der Waals surface area contributed by atoms with Crippen molar-refractivity contribution in [2.45, 2.75) is 38.6 Å². The molecule has 0 aliphatic rings. The van der Waals surface area contributed by atoms with Crippen molar-refractivity contribution in [2.75, 3.05) is 6.54 Å². The Hall–Kier alpha value is -1.03. The summed E-state index contributed by atoms with van der Waals surface area (Å²) in [5.74, 6) is 0.309. The van der Waals surface area contributed by atoms with Crippen LogP contribution in [0.4, 0.5) is 0 Å². The van der Waals surface area contributed by atoms with Crippen LogP contribution in [0.15, 0.2) is 17.8 Å². The summed E-state index contributed by atoms with van der Waals surface area (Å²) in [6, 6.07) is 0.483. The molecule has 0 aliphatic carbocycles. The standard InChI is InChI=1S/C10H21N3O/c1-3-6-9(2)12-8-5-4-7-10(11)13-14/h3,9,12,14H,1,4-8H2,2H3,(H2,11,13). The van der Waals surface area contributed by atoms with Crippen molar-refractivity contribution in [3.63, 3.8) is 0 Å². The number of unbranched alkanes of at least 4 members (excludes halogenated alkanes) is 1. The van der Waals surface area contributed by atoms with Crippen LogP contribution in [0.3, 0.4) is 0 Å². The third kappa shape index (κ3) is 7.61. The molecule has 4 heteroatoms. The highest BCUT2D eigenvalue weighted by Gasteiger charge is 1.97. The molecule has 1 atom stereocenters. The molecular weight excluding hydrogens is 178 g/mol. The maximum Gasteiger partial charge on any atom is 0.139 e. The highest BCUT2D eigenvalue weighted by molar-refractivity contribution is 5.79. The Balaban J connectivity index is 3.25. The van der Waals surface area contributed by atoms with Gasteiger partial charge in [0.05, 0.1) is 0 Å². The maximum absolute atomic E-state index is 8.29. The van der Waals surface area contributed by atoms with Crippen LogP contribution < -0.4 is 11.1 Å². The van der Waals surface area contributed by atoms with Gasteiger partial charge in [-0.1, -0.05) is 11.2 Å². The average Bonchev–Trinajstić information content (AvgIpc) is 2.17. The molecule has 82 valence electrons. The van der Waals surface area contributed by atoms with Crippen molar-refractivity contribution < 1.29 is 5.21 Å². The van der Waals surface area contributed by atoms with E-state index in [1.54, 1.807) is 0 Å². The Bertz CT molecular complexity index is 180. The molecule has 0 saturated heterocycles.